The molecular formula is C14H18N2O3. The van der Waals surface area contributed by atoms with E-state index in [1.165, 1.54) is 0 Å². The zero-order valence-corrected chi connectivity index (χ0v) is 11.1. The Hall–Kier alpha value is -1.85. The zero-order valence-electron chi connectivity index (χ0n) is 11.1. The van der Waals surface area contributed by atoms with Crippen molar-refractivity contribution in [1.29, 1.82) is 0 Å². The van der Waals surface area contributed by atoms with Crippen LogP contribution in [0.1, 0.15) is 30.0 Å². The number of nitrogens with zero attached hydrogens (tertiary/aromatic N) is 1. The molecular weight excluding hydrogens is 244 g/mol. The number of para-hydroxylation sites is 1. The Morgan fingerprint density at radius 1 is 1.32 bits per heavy atom. The molecule has 0 aliphatic rings. The third-order valence-corrected chi connectivity index (χ3v) is 2.68. The second-order valence-electron chi connectivity index (χ2n) is 4.33. The first kappa shape index (κ1) is 13.6. The minimum Gasteiger partial charge on any atom is -0.487 e. The first-order valence-electron chi connectivity index (χ1n) is 6.11. The standard InChI is InChI=1S/C14H18N2O3/c1-10(15)13-5-3-4-6-14(13)18-8-11-7-12(9-17-2)19-16-11/h3-7,10H,8-9,15H2,1-2H3/t10-/m0/s1. The van der Waals surface area contributed by atoms with E-state index in [0.29, 0.717) is 19.0 Å². The molecule has 1 heterocycles. The molecule has 0 radical (unpaired) electrons. The Bertz CT molecular complexity index is 523. The van der Waals surface area contributed by atoms with Crippen LogP contribution < -0.4 is 10.5 Å². The van der Waals surface area contributed by atoms with Crippen LogP contribution in [-0.2, 0) is 18.0 Å². The molecule has 5 heteroatoms. The number of aromatic nitrogens is 1. The second-order valence-corrected chi connectivity index (χ2v) is 4.33. The average Bonchev–Trinajstić information content (AvgIpc) is 2.85. The van der Waals surface area contributed by atoms with E-state index in [0.717, 1.165) is 17.0 Å². The molecule has 0 bridgehead atoms. The van der Waals surface area contributed by atoms with Gasteiger partial charge in [0, 0.05) is 24.8 Å². The smallest absolute Gasteiger partial charge is 0.162 e. The van der Waals surface area contributed by atoms with Crippen molar-refractivity contribution in [1.82, 2.24) is 5.16 Å². The molecule has 0 unspecified atom stereocenters. The molecule has 2 aromatic rings. The average molecular weight is 262 g/mol. The van der Waals surface area contributed by atoms with Crippen molar-refractivity contribution in [3.8, 4) is 5.75 Å². The maximum atomic E-state index is 5.90. The van der Waals surface area contributed by atoms with E-state index in [4.69, 9.17) is 19.7 Å². The van der Waals surface area contributed by atoms with Gasteiger partial charge in [-0.05, 0) is 13.0 Å². The Morgan fingerprint density at radius 2 is 2.11 bits per heavy atom. The monoisotopic (exact) mass is 262 g/mol. The number of rotatable bonds is 6. The van der Waals surface area contributed by atoms with Crippen LogP contribution in [0.5, 0.6) is 5.75 Å². The predicted octanol–water partition coefficient (Wildman–Crippen LogP) is 2.42. The van der Waals surface area contributed by atoms with Crippen molar-refractivity contribution in [2.24, 2.45) is 5.73 Å². The number of methoxy groups -OCH3 is 1. The van der Waals surface area contributed by atoms with Crippen LogP contribution in [0.25, 0.3) is 0 Å². The minimum absolute atomic E-state index is 0.0717. The zero-order chi connectivity index (χ0) is 13.7. The van der Waals surface area contributed by atoms with Gasteiger partial charge in [0.2, 0.25) is 0 Å². The van der Waals surface area contributed by atoms with Crippen LogP contribution in [0.2, 0.25) is 0 Å². The van der Waals surface area contributed by atoms with Gasteiger partial charge in [-0.25, -0.2) is 0 Å². The van der Waals surface area contributed by atoms with Crippen molar-refractivity contribution >= 4 is 0 Å². The highest BCUT2D eigenvalue weighted by atomic mass is 16.5. The molecule has 0 saturated carbocycles. The lowest BCUT2D eigenvalue weighted by Gasteiger charge is -2.12. The molecule has 0 spiro atoms. The SMILES string of the molecule is COCc1cc(COc2ccccc2[C@H](C)N)no1. The number of benzene rings is 1. The van der Waals surface area contributed by atoms with Crippen LogP contribution >= 0.6 is 0 Å². The second kappa shape index (κ2) is 6.36. The van der Waals surface area contributed by atoms with E-state index in [2.05, 4.69) is 5.16 Å². The molecule has 5 nitrogen and oxygen atoms in total. The van der Waals surface area contributed by atoms with Gasteiger partial charge >= 0.3 is 0 Å². The fourth-order valence-corrected chi connectivity index (χ4v) is 1.77. The van der Waals surface area contributed by atoms with E-state index in [1.54, 1.807) is 7.11 Å². The highest BCUT2D eigenvalue weighted by Gasteiger charge is 2.09. The molecule has 102 valence electrons. The molecule has 19 heavy (non-hydrogen) atoms. The van der Waals surface area contributed by atoms with Crippen molar-refractivity contribution in [2.45, 2.75) is 26.2 Å². The summed E-state index contributed by atoms with van der Waals surface area (Å²) in [7, 11) is 1.61. The van der Waals surface area contributed by atoms with E-state index in [9.17, 15) is 0 Å². The van der Waals surface area contributed by atoms with E-state index >= 15 is 0 Å². The summed E-state index contributed by atoms with van der Waals surface area (Å²) in [4.78, 5) is 0. The van der Waals surface area contributed by atoms with Crippen LogP contribution in [0.15, 0.2) is 34.9 Å². The molecule has 1 aromatic carbocycles. The van der Waals surface area contributed by atoms with Gasteiger partial charge in [-0.2, -0.15) is 0 Å². The maximum Gasteiger partial charge on any atom is 0.162 e. The van der Waals surface area contributed by atoms with Crippen molar-refractivity contribution in [3.63, 3.8) is 0 Å². The summed E-state index contributed by atoms with van der Waals surface area (Å²) in [6.07, 6.45) is 0. The highest BCUT2D eigenvalue weighted by Crippen LogP contribution is 2.24. The molecule has 0 aliphatic carbocycles. The normalized spacial score (nSPS) is 12.4. The minimum atomic E-state index is -0.0717. The van der Waals surface area contributed by atoms with Gasteiger partial charge in [0.25, 0.3) is 0 Å². The van der Waals surface area contributed by atoms with Crippen molar-refractivity contribution in [3.05, 3.63) is 47.3 Å². The fraction of sp³-hybridized carbons (Fsp3) is 0.357. The summed E-state index contributed by atoms with van der Waals surface area (Å²) in [5.41, 5.74) is 7.60. The van der Waals surface area contributed by atoms with Crippen LogP contribution in [-0.4, -0.2) is 12.3 Å². The molecule has 0 aliphatic heterocycles. The summed E-state index contributed by atoms with van der Waals surface area (Å²) >= 11 is 0. The molecule has 0 amide bonds. The summed E-state index contributed by atoms with van der Waals surface area (Å²) < 4.78 is 15.8. The molecule has 1 atom stereocenters. The molecule has 2 rings (SSSR count). The number of nitrogens with two attached hydrogens (primary N) is 1. The maximum absolute atomic E-state index is 5.90. The van der Waals surface area contributed by atoms with Gasteiger partial charge in [0.05, 0.1) is 0 Å². The van der Waals surface area contributed by atoms with Crippen LogP contribution in [0, 0.1) is 0 Å². The Morgan fingerprint density at radius 3 is 2.84 bits per heavy atom. The number of ether oxygens (including phenoxy) is 2. The fourth-order valence-electron chi connectivity index (χ4n) is 1.77. The Kier molecular flexibility index (Phi) is 4.54. The predicted molar refractivity (Wildman–Crippen MR) is 70.6 cm³/mol. The van der Waals surface area contributed by atoms with Crippen molar-refractivity contribution < 1.29 is 14.0 Å². The van der Waals surface area contributed by atoms with Gasteiger partial charge in [0.15, 0.2) is 5.76 Å². The largest absolute Gasteiger partial charge is 0.487 e. The summed E-state index contributed by atoms with van der Waals surface area (Å²) in [6.45, 7) is 2.68. The van der Waals surface area contributed by atoms with Crippen LogP contribution in [0.3, 0.4) is 0 Å². The molecule has 1 aromatic heterocycles. The molecule has 0 saturated heterocycles. The lowest BCUT2D eigenvalue weighted by atomic mass is 10.1. The Balaban J connectivity index is 2.01. The topological polar surface area (TPSA) is 70.5 Å². The third-order valence-electron chi connectivity index (χ3n) is 2.68. The Labute approximate surface area is 112 Å². The van der Waals surface area contributed by atoms with Crippen molar-refractivity contribution in [2.75, 3.05) is 7.11 Å². The van der Waals surface area contributed by atoms with Gasteiger partial charge in [-0.1, -0.05) is 23.4 Å². The number of hydrogen-bond acceptors (Lipinski definition) is 5. The van der Waals surface area contributed by atoms with E-state index in [-0.39, 0.29) is 6.04 Å². The van der Waals surface area contributed by atoms with Gasteiger partial charge < -0.3 is 19.7 Å². The van der Waals surface area contributed by atoms with E-state index < -0.39 is 0 Å². The van der Waals surface area contributed by atoms with Gasteiger partial charge in [0.1, 0.15) is 24.7 Å². The van der Waals surface area contributed by atoms with Gasteiger partial charge in [-0.3, -0.25) is 0 Å². The molecule has 0 fully saturated rings. The highest BCUT2D eigenvalue weighted by molar-refractivity contribution is 5.35. The molecule has 2 N–H and O–H groups in total. The van der Waals surface area contributed by atoms with Crippen LogP contribution in [0.4, 0.5) is 0 Å². The first-order chi connectivity index (χ1) is 9.20. The summed E-state index contributed by atoms with van der Waals surface area (Å²) in [5.74, 6) is 1.45. The number of hydrogen-bond donors (Lipinski definition) is 1. The van der Waals surface area contributed by atoms with E-state index in [1.807, 2.05) is 37.3 Å². The quantitative estimate of drug-likeness (QED) is 0.865. The summed E-state index contributed by atoms with van der Waals surface area (Å²) in [5, 5.41) is 3.91. The lowest BCUT2D eigenvalue weighted by Crippen LogP contribution is -2.08. The first-order valence-corrected chi connectivity index (χ1v) is 6.11. The third kappa shape index (κ3) is 3.56. The summed E-state index contributed by atoms with van der Waals surface area (Å²) in [6, 6.07) is 9.46. The van der Waals surface area contributed by atoms with Gasteiger partial charge in [-0.15, -0.1) is 0 Å². The lowest BCUT2D eigenvalue weighted by molar-refractivity contribution is 0.155.